The molecule has 7 heteroatoms. The van der Waals surface area contributed by atoms with Crippen molar-refractivity contribution in [2.24, 2.45) is 0 Å². The molecule has 0 aliphatic rings. The van der Waals surface area contributed by atoms with Gasteiger partial charge in [0.15, 0.2) is 0 Å². The molecular weight excluding hydrogens is 432 g/mol. The van der Waals surface area contributed by atoms with E-state index in [0.29, 0.717) is 11.3 Å². The lowest BCUT2D eigenvalue weighted by Crippen LogP contribution is -2.42. The first-order valence-corrected chi connectivity index (χ1v) is 10.9. The van der Waals surface area contributed by atoms with Crippen LogP contribution in [0.2, 0.25) is 0 Å². The van der Waals surface area contributed by atoms with E-state index >= 15 is 0 Å². The minimum absolute atomic E-state index is 0.0650. The molecule has 0 radical (unpaired) electrons. The molecule has 0 unspecified atom stereocenters. The van der Waals surface area contributed by atoms with Crippen molar-refractivity contribution in [3.05, 3.63) is 128 Å². The number of esters is 1. The van der Waals surface area contributed by atoms with Gasteiger partial charge in [0, 0.05) is 0 Å². The molecule has 3 aromatic carbocycles. The number of hydrogen-bond acceptors (Lipinski definition) is 5. The fraction of sp³-hybridized carbons (Fsp3) is 0.148. The summed E-state index contributed by atoms with van der Waals surface area (Å²) in [5, 5.41) is 9.24. The van der Waals surface area contributed by atoms with Crippen molar-refractivity contribution in [2.75, 3.05) is 0 Å². The molecule has 1 N–H and O–H groups in total. The number of benzene rings is 3. The van der Waals surface area contributed by atoms with E-state index in [4.69, 9.17) is 4.74 Å². The second-order valence-electron chi connectivity index (χ2n) is 7.71. The van der Waals surface area contributed by atoms with Crippen LogP contribution in [0.15, 0.2) is 94.5 Å². The van der Waals surface area contributed by atoms with Crippen LogP contribution in [0, 0.1) is 0 Å². The van der Waals surface area contributed by atoms with E-state index in [1.165, 1.54) is 16.7 Å². The van der Waals surface area contributed by atoms with Crippen molar-refractivity contribution < 1.29 is 14.6 Å². The lowest BCUT2D eigenvalue weighted by atomic mass is 10.1. The van der Waals surface area contributed by atoms with Crippen LogP contribution in [-0.2, 0) is 19.6 Å². The number of aliphatic hydroxyl groups excluding tert-OH is 1. The largest absolute Gasteiger partial charge is 0.405 e. The molecule has 1 aromatic heterocycles. The third-order valence-corrected chi connectivity index (χ3v) is 5.50. The third-order valence-electron chi connectivity index (χ3n) is 5.50. The van der Waals surface area contributed by atoms with Gasteiger partial charge in [-0.1, -0.05) is 67.6 Å². The molecule has 4 aromatic rings. The molecular formula is C27H24N2O5. The monoisotopic (exact) mass is 456 g/mol. The first-order valence-electron chi connectivity index (χ1n) is 10.9. The van der Waals surface area contributed by atoms with Gasteiger partial charge in [-0.2, -0.15) is 0 Å². The van der Waals surface area contributed by atoms with Crippen LogP contribution in [0.4, 0.5) is 0 Å². The van der Waals surface area contributed by atoms with E-state index in [0.717, 1.165) is 10.1 Å². The molecule has 0 atom stereocenters. The molecule has 4 rings (SSSR count). The number of carbonyl (C=O) groups is 1. The molecule has 172 valence electrons. The summed E-state index contributed by atoms with van der Waals surface area (Å²) in [5.74, 6) is -0.762. The molecule has 0 aliphatic carbocycles. The highest BCUT2D eigenvalue weighted by Crippen LogP contribution is 2.19. The van der Waals surface area contributed by atoms with Gasteiger partial charge >= 0.3 is 11.7 Å². The normalized spacial score (nSPS) is 10.8. The highest BCUT2D eigenvalue weighted by atomic mass is 16.5. The van der Waals surface area contributed by atoms with E-state index in [1.807, 2.05) is 30.3 Å². The SMILES string of the molecule is CCc1c(OC(=O)c2ccc(CO)cc2)n(Cc2ccccc2)c(=O)n(-c2ccccc2)c1=O. The minimum atomic E-state index is -0.697. The van der Waals surface area contributed by atoms with Crippen LogP contribution >= 0.6 is 0 Å². The average molecular weight is 456 g/mol. The fourth-order valence-corrected chi connectivity index (χ4v) is 3.71. The molecule has 0 saturated heterocycles. The van der Waals surface area contributed by atoms with Crippen molar-refractivity contribution in [1.82, 2.24) is 9.13 Å². The number of para-hydroxylation sites is 1. The number of hydrogen-bond donors (Lipinski definition) is 1. The van der Waals surface area contributed by atoms with Gasteiger partial charge < -0.3 is 9.84 Å². The number of carbonyl (C=O) groups excluding carboxylic acids is 1. The predicted octanol–water partition coefficient (Wildman–Crippen LogP) is 3.32. The third kappa shape index (κ3) is 4.60. The Hall–Kier alpha value is -4.23. The Balaban J connectivity index is 1.89. The molecule has 0 amide bonds. The zero-order valence-electron chi connectivity index (χ0n) is 18.7. The van der Waals surface area contributed by atoms with Crippen molar-refractivity contribution in [1.29, 1.82) is 0 Å². The number of nitrogens with zero attached hydrogens (tertiary/aromatic N) is 2. The summed E-state index contributed by atoms with van der Waals surface area (Å²) in [6, 6.07) is 24.2. The summed E-state index contributed by atoms with van der Waals surface area (Å²) in [6.07, 6.45) is 0.257. The van der Waals surface area contributed by atoms with Gasteiger partial charge in [-0.25, -0.2) is 14.2 Å². The molecule has 0 aliphatic heterocycles. The number of aromatic nitrogens is 2. The lowest BCUT2D eigenvalue weighted by Gasteiger charge is -2.18. The topological polar surface area (TPSA) is 90.5 Å². The zero-order chi connectivity index (χ0) is 24.1. The molecule has 34 heavy (non-hydrogen) atoms. The highest BCUT2D eigenvalue weighted by molar-refractivity contribution is 5.91. The van der Waals surface area contributed by atoms with Crippen LogP contribution in [0.5, 0.6) is 5.88 Å². The Labute approximate surface area is 196 Å². The second kappa shape index (κ2) is 10.1. The smallest absolute Gasteiger partial charge is 0.344 e. The van der Waals surface area contributed by atoms with Crippen LogP contribution < -0.4 is 16.0 Å². The molecule has 1 heterocycles. The molecule has 7 nitrogen and oxygen atoms in total. The highest BCUT2D eigenvalue weighted by Gasteiger charge is 2.23. The maximum atomic E-state index is 13.6. The predicted molar refractivity (Wildman–Crippen MR) is 129 cm³/mol. The Bertz CT molecular complexity index is 1410. The van der Waals surface area contributed by atoms with Crippen molar-refractivity contribution in [2.45, 2.75) is 26.5 Å². The van der Waals surface area contributed by atoms with Gasteiger partial charge in [-0.15, -0.1) is 0 Å². The minimum Gasteiger partial charge on any atom is -0.405 e. The van der Waals surface area contributed by atoms with Crippen LogP contribution in [0.25, 0.3) is 5.69 Å². The second-order valence-corrected chi connectivity index (χ2v) is 7.71. The van der Waals surface area contributed by atoms with E-state index in [9.17, 15) is 19.5 Å². The van der Waals surface area contributed by atoms with E-state index < -0.39 is 17.2 Å². The number of ether oxygens (including phenoxy) is 1. The Morgan fingerprint density at radius 1 is 0.853 bits per heavy atom. The number of aliphatic hydroxyl groups is 1. The van der Waals surface area contributed by atoms with Crippen molar-refractivity contribution in [3.63, 3.8) is 0 Å². The first-order chi connectivity index (χ1) is 16.5. The van der Waals surface area contributed by atoms with Gasteiger partial charge in [0.25, 0.3) is 5.56 Å². The number of rotatable bonds is 7. The quantitative estimate of drug-likeness (QED) is 0.431. The molecule has 0 bridgehead atoms. The lowest BCUT2D eigenvalue weighted by molar-refractivity contribution is 0.0716. The van der Waals surface area contributed by atoms with Crippen LogP contribution in [-0.4, -0.2) is 20.2 Å². The van der Waals surface area contributed by atoms with Crippen molar-refractivity contribution >= 4 is 5.97 Å². The fourth-order valence-electron chi connectivity index (χ4n) is 3.71. The van der Waals surface area contributed by atoms with Crippen molar-refractivity contribution in [3.8, 4) is 11.6 Å². The first kappa shape index (κ1) is 22.9. The summed E-state index contributed by atoms with van der Waals surface area (Å²) in [7, 11) is 0. The Morgan fingerprint density at radius 2 is 1.47 bits per heavy atom. The van der Waals surface area contributed by atoms with Gasteiger partial charge in [0.2, 0.25) is 5.88 Å². The van der Waals surface area contributed by atoms with E-state index in [-0.39, 0.29) is 36.6 Å². The maximum absolute atomic E-state index is 13.6. The standard InChI is InChI=1S/C27H24N2O5/c1-2-23-24(31)29(22-11-7-4-8-12-22)27(33)28(17-19-9-5-3-6-10-19)25(23)34-26(32)21-15-13-20(18-30)14-16-21/h3-16,30H,2,17-18H2,1H3. The van der Waals surface area contributed by atoms with Gasteiger partial charge in [-0.05, 0) is 41.8 Å². The summed E-state index contributed by atoms with van der Waals surface area (Å²) < 4.78 is 8.13. The van der Waals surface area contributed by atoms with Gasteiger partial charge in [0.05, 0.1) is 30.0 Å². The Kier molecular flexibility index (Phi) is 6.85. The van der Waals surface area contributed by atoms with Crippen LogP contribution in [0.1, 0.15) is 34.0 Å². The van der Waals surface area contributed by atoms with Crippen LogP contribution in [0.3, 0.4) is 0 Å². The van der Waals surface area contributed by atoms with Gasteiger partial charge in [-0.3, -0.25) is 9.36 Å². The van der Waals surface area contributed by atoms with E-state index in [2.05, 4.69) is 0 Å². The zero-order valence-corrected chi connectivity index (χ0v) is 18.7. The molecule has 0 spiro atoms. The summed E-state index contributed by atoms with van der Waals surface area (Å²) in [6.45, 7) is 1.74. The Morgan fingerprint density at radius 3 is 2.06 bits per heavy atom. The summed E-state index contributed by atoms with van der Waals surface area (Å²) in [5.41, 5.74) is 1.24. The molecule has 0 saturated carbocycles. The summed E-state index contributed by atoms with van der Waals surface area (Å²) >= 11 is 0. The molecule has 0 fully saturated rings. The van der Waals surface area contributed by atoms with E-state index in [1.54, 1.807) is 49.4 Å². The van der Waals surface area contributed by atoms with Gasteiger partial charge in [0.1, 0.15) is 0 Å². The maximum Gasteiger partial charge on any atom is 0.344 e. The summed E-state index contributed by atoms with van der Waals surface area (Å²) in [4.78, 5) is 39.9. The average Bonchev–Trinajstić information content (AvgIpc) is 2.88.